The Bertz CT molecular complexity index is 1630. The molecule has 1 amide bonds. The number of benzene rings is 1. The van der Waals surface area contributed by atoms with Crippen LogP contribution >= 0.6 is 0 Å². The number of carbonyl (C=O) groups is 3. The monoisotopic (exact) mass is 705 g/mol. The van der Waals surface area contributed by atoms with Gasteiger partial charge in [-0.1, -0.05) is 33.4 Å². The van der Waals surface area contributed by atoms with Gasteiger partial charge in [-0.2, -0.15) is 17.6 Å². The number of esters is 2. The third-order valence-corrected chi connectivity index (χ3v) is 9.94. The van der Waals surface area contributed by atoms with Gasteiger partial charge in [0.05, 0.1) is 37.0 Å². The first-order valence-electron chi connectivity index (χ1n) is 16.7. The van der Waals surface area contributed by atoms with Crippen LogP contribution in [0.5, 0.6) is 11.6 Å². The van der Waals surface area contributed by atoms with E-state index in [1.807, 2.05) is 6.08 Å². The van der Waals surface area contributed by atoms with Crippen LogP contribution in [-0.4, -0.2) is 71.2 Å². The summed E-state index contributed by atoms with van der Waals surface area (Å²) >= 11 is 0. The highest BCUT2D eigenvalue weighted by Crippen LogP contribution is 2.57. The molecule has 14 heteroatoms. The number of amides is 1. The lowest BCUT2D eigenvalue weighted by Crippen LogP contribution is -2.48. The average molecular weight is 706 g/mol. The lowest BCUT2D eigenvalue weighted by Gasteiger charge is -2.34. The summed E-state index contributed by atoms with van der Waals surface area (Å²) in [5.41, 5.74) is -1.76. The summed E-state index contributed by atoms with van der Waals surface area (Å²) < 4.78 is 77.1. The molecule has 2 aliphatic carbocycles. The van der Waals surface area contributed by atoms with Crippen molar-refractivity contribution in [3.05, 3.63) is 49.2 Å². The largest absolute Gasteiger partial charge is 0.471 e. The summed E-state index contributed by atoms with van der Waals surface area (Å²) in [5, 5.41) is 0. The summed E-state index contributed by atoms with van der Waals surface area (Å²) in [6.07, 6.45) is 4.21. The second-order valence-corrected chi connectivity index (χ2v) is 14.3. The summed E-state index contributed by atoms with van der Waals surface area (Å²) in [6.45, 7) is 9.02. The molecular formula is C36H43F4N3O7. The molecule has 1 aromatic carbocycles. The van der Waals surface area contributed by atoms with Gasteiger partial charge >= 0.3 is 24.5 Å². The minimum Gasteiger partial charge on any atom is -0.471 e. The van der Waals surface area contributed by atoms with E-state index in [1.54, 1.807) is 20.8 Å². The Hall–Kier alpha value is -4.23. The predicted molar refractivity (Wildman–Crippen MR) is 173 cm³/mol. The maximum absolute atomic E-state index is 15.1. The minimum atomic E-state index is -3.72. The molecule has 2 aromatic rings. The SMILES string of the molecule is C=CCC[C@@H]1[C@H]2C[C@H]2C[C@H]1OC(=O)C[C@H](C(=O)N1C[C@H](Oc2nc3cc(OC(F)F)ccc3nc2C(F)(F)C=C)C[C@H]1C(=O)OC)C(C)(C)C. The highest BCUT2D eigenvalue weighted by molar-refractivity contribution is 5.89. The second-order valence-electron chi connectivity index (χ2n) is 14.3. The van der Waals surface area contributed by atoms with E-state index in [0.29, 0.717) is 17.9 Å². The standard InChI is InChI=1S/C36H43F4N3O7/c1-7-9-10-22-23-13-19(23)14-28(22)50-29(44)17-24(35(3,4)5)32(45)43-18-21(16-27(43)33(46)47-6)48-31-30(36(39,40)8-2)41-25-12-11-20(49-34(37)38)15-26(25)42-31/h7-8,11-12,15,19,21-24,27-28,34H,1-2,9-10,13-14,16-18H2,3-6H3/t19-,21+,22+,23-,24+,27-,28+/m0/s1. The molecule has 0 spiro atoms. The third-order valence-electron chi connectivity index (χ3n) is 9.94. The smallest absolute Gasteiger partial charge is 0.387 e. The predicted octanol–water partition coefficient (Wildman–Crippen LogP) is 6.62. The van der Waals surface area contributed by atoms with Crippen LogP contribution in [0.15, 0.2) is 43.5 Å². The number of hydrogen-bond acceptors (Lipinski definition) is 9. The summed E-state index contributed by atoms with van der Waals surface area (Å²) in [4.78, 5) is 50.0. The molecule has 50 heavy (non-hydrogen) atoms. The number of likely N-dealkylation sites (tertiary alicyclic amines) is 1. The van der Waals surface area contributed by atoms with Gasteiger partial charge in [0.15, 0.2) is 5.69 Å². The van der Waals surface area contributed by atoms with E-state index in [1.165, 1.54) is 11.0 Å². The Kier molecular flexibility index (Phi) is 10.8. The number of carbonyl (C=O) groups excluding carboxylic acids is 3. The van der Waals surface area contributed by atoms with Crippen LogP contribution in [0, 0.1) is 29.1 Å². The van der Waals surface area contributed by atoms with Gasteiger partial charge in [-0.15, -0.1) is 6.58 Å². The molecule has 7 atom stereocenters. The van der Waals surface area contributed by atoms with Crippen molar-refractivity contribution in [2.75, 3.05) is 13.7 Å². The number of rotatable bonds is 14. The highest BCUT2D eigenvalue weighted by atomic mass is 19.3. The first-order valence-corrected chi connectivity index (χ1v) is 16.7. The van der Waals surface area contributed by atoms with Crippen LogP contribution in [-0.2, 0) is 29.8 Å². The third kappa shape index (κ3) is 8.04. The van der Waals surface area contributed by atoms with Crippen molar-refractivity contribution >= 4 is 28.9 Å². The molecule has 1 saturated heterocycles. The first-order chi connectivity index (χ1) is 23.6. The zero-order valence-electron chi connectivity index (χ0n) is 28.6. The molecule has 2 heterocycles. The van der Waals surface area contributed by atoms with Gasteiger partial charge in [-0.05, 0) is 67.1 Å². The molecular weight excluding hydrogens is 662 g/mol. The first kappa shape index (κ1) is 37.0. The number of fused-ring (bicyclic) bond motifs is 2. The highest BCUT2D eigenvalue weighted by Gasteiger charge is 2.54. The molecule has 0 N–H and O–H groups in total. The van der Waals surface area contributed by atoms with Crippen molar-refractivity contribution in [3.63, 3.8) is 0 Å². The number of methoxy groups -OCH3 is 1. The molecule has 0 radical (unpaired) electrons. The van der Waals surface area contributed by atoms with Crippen LogP contribution in [0.2, 0.25) is 0 Å². The fraction of sp³-hybridized carbons (Fsp3) is 0.583. The molecule has 0 unspecified atom stereocenters. The van der Waals surface area contributed by atoms with Crippen molar-refractivity contribution in [2.24, 2.45) is 29.1 Å². The van der Waals surface area contributed by atoms with Crippen molar-refractivity contribution in [1.29, 1.82) is 0 Å². The molecule has 1 aliphatic heterocycles. The molecule has 1 aromatic heterocycles. The lowest BCUT2D eigenvalue weighted by atomic mass is 9.77. The van der Waals surface area contributed by atoms with Gasteiger partial charge in [-0.25, -0.2) is 14.8 Å². The van der Waals surface area contributed by atoms with Crippen LogP contribution in [0.1, 0.15) is 65.0 Å². The van der Waals surface area contributed by atoms with Crippen LogP contribution in [0.3, 0.4) is 0 Å². The number of hydrogen-bond donors (Lipinski definition) is 0. The Morgan fingerprint density at radius 2 is 1.82 bits per heavy atom. The van der Waals surface area contributed by atoms with Gasteiger partial charge in [0.25, 0.3) is 0 Å². The fourth-order valence-electron chi connectivity index (χ4n) is 7.24. The number of ether oxygens (including phenoxy) is 4. The van der Waals surface area contributed by atoms with Gasteiger partial charge in [-0.3, -0.25) is 9.59 Å². The molecule has 10 nitrogen and oxygen atoms in total. The van der Waals surface area contributed by atoms with Crippen LogP contribution in [0.4, 0.5) is 17.6 Å². The van der Waals surface area contributed by atoms with Crippen molar-refractivity contribution < 1.29 is 50.9 Å². The average Bonchev–Trinajstić information content (AvgIpc) is 3.54. The van der Waals surface area contributed by atoms with Crippen molar-refractivity contribution in [1.82, 2.24) is 14.9 Å². The van der Waals surface area contributed by atoms with Crippen molar-refractivity contribution in [2.45, 2.75) is 90.1 Å². The minimum absolute atomic E-state index is 0.0484. The Balaban J connectivity index is 1.38. The lowest BCUT2D eigenvalue weighted by molar-refractivity contribution is -0.160. The Labute approximate surface area is 288 Å². The van der Waals surface area contributed by atoms with E-state index in [9.17, 15) is 23.2 Å². The summed E-state index contributed by atoms with van der Waals surface area (Å²) in [7, 11) is 1.16. The van der Waals surface area contributed by atoms with E-state index in [-0.39, 0.29) is 48.2 Å². The second kappa shape index (κ2) is 14.6. The summed E-state index contributed by atoms with van der Waals surface area (Å²) in [5.74, 6) is -5.98. The number of allylic oxidation sites excluding steroid dienone is 2. The molecule has 0 bridgehead atoms. The molecule has 3 fully saturated rings. The Morgan fingerprint density at radius 3 is 2.46 bits per heavy atom. The molecule has 2 saturated carbocycles. The van der Waals surface area contributed by atoms with E-state index < -0.39 is 65.4 Å². The van der Waals surface area contributed by atoms with E-state index in [0.717, 1.165) is 44.9 Å². The van der Waals surface area contributed by atoms with E-state index in [2.05, 4.69) is 27.9 Å². The van der Waals surface area contributed by atoms with Gasteiger partial charge in [0.1, 0.15) is 24.0 Å². The van der Waals surface area contributed by atoms with E-state index >= 15 is 8.78 Å². The zero-order valence-corrected chi connectivity index (χ0v) is 28.6. The number of halogens is 4. The topological polar surface area (TPSA) is 117 Å². The Morgan fingerprint density at radius 1 is 1.08 bits per heavy atom. The van der Waals surface area contributed by atoms with Crippen LogP contribution < -0.4 is 9.47 Å². The van der Waals surface area contributed by atoms with E-state index in [4.69, 9.17) is 14.2 Å². The van der Waals surface area contributed by atoms with Gasteiger partial charge in [0, 0.05) is 12.5 Å². The maximum atomic E-state index is 15.1. The van der Waals surface area contributed by atoms with Gasteiger partial charge in [0.2, 0.25) is 11.8 Å². The molecule has 5 rings (SSSR count). The van der Waals surface area contributed by atoms with Crippen molar-refractivity contribution in [3.8, 4) is 11.6 Å². The number of alkyl halides is 4. The number of nitrogens with zero attached hydrogens (tertiary/aromatic N) is 3. The number of aromatic nitrogens is 2. The molecule has 272 valence electrons. The maximum Gasteiger partial charge on any atom is 0.387 e. The normalized spacial score (nSPS) is 25.2. The molecule has 3 aliphatic rings. The fourth-order valence-corrected chi connectivity index (χ4v) is 7.24. The van der Waals surface area contributed by atoms with Gasteiger partial charge < -0.3 is 23.8 Å². The quantitative estimate of drug-likeness (QED) is 0.122. The summed E-state index contributed by atoms with van der Waals surface area (Å²) in [6, 6.07) is 2.28. The van der Waals surface area contributed by atoms with Crippen LogP contribution in [0.25, 0.3) is 11.0 Å². The zero-order chi connectivity index (χ0) is 36.5.